The molecule has 1 fully saturated rings. The van der Waals surface area contributed by atoms with Crippen molar-refractivity contribution in [3.8, 4) is 0 Å². The molecule has 0 spiro atoms. The van der Waals surface area contributed by atoms with Crippen LogP contribution < -0.4 is 5.32 Å². The maximum Gasteiger partial charge on any atom is 0.408 e. The van der Waals surface area contributed by atoms with Crippen molar-refractivity contribution in [1.29, 1.82) is 0 Å². The van der Waals surface area contributed by atoms with Crippen molar-refractivity contribution in [3.05, 3.63) is 71.8 Å². The van der Waals surface area contributed by atoms with Gasteiger partial charge in [-0.05, 0) is 30.4 Å². The van der Waals surface area contributed by atoms with Gasteiger partial charge in [0.05, 0.1) is 12.1 Å². The number of carbonyl (C=O) groups excluding carboxylic acids is 2. The van der Waals surface area contributed by atoms with Gasteiger partial charge in [0.1, 0.15) is 12.6 Å². The molecule has 0 saturated carbocycles. The number of likely N-dealkylation sites (tertiary alicyclic amines) is 1. The first-order chi connectivity index (χ1) is 14.6. The molecule has 2 N–H and O–H groups in total. The van der Waals surface area contributed by atoms with E-state index >= 15 is 0 Å². The van der Waals surface area contributed by atoms with Crippen LogP contribution in [0.4, 0.5) is 4.79 Å². The van der Waals surface area contributed by atoms with E-state index in [-0.39, 0.29) is 18.6 Å². The number of rotatable bonds is 8. The largest absolute Gasteiger partial charge is 0.445 e. The average Bonchev–Trinajstić information content (AvgIpc) is 3.27. The van der Waals surface area contributed by atoms with Gasteiger partial charge in [-0.3, -0.25) is 4.79 Å². The minimum absolute atomic E-state index is 0.139. The Morgan fingerprint density at radius 2 is 1.73 bits per heavy atom. The monoisotopic (exact) mass is 410 g/mol. The third kappa shape index (κ3) is 5.83. The van der Waals surface area contributed by atoms with Crippen molar-refractivity contribution < 1.29 is 19.4 Å². The van der Waals surface area contributed by atoms with Crippen molar-refractivity contribution in [2.75, 3.05) is 6.54 Å². The van der Waals surface area contributed by atoms with Gasteiger partial charge in [0.25, 0.3) is 0 Å². The molecule has 2 amide bonds. The fourth-order valence-electron chi connectivity index (χ4n) is 3.90. The van der Waals surface area contributed by atoms with Gasteiger partial charge < -0.3 is 20.1 Å². The molecule has 0 aromatic heterocycles. The number of ether oxygens (including phenoxy) is 1. The summed E-state index contributed by atoms with van der Waals surface area (Å²) in [5.41, 5.74) is 1.83. The normalized spacial score (nSPS) is 17.9. The van der Waals surface area contributed by atoms with Gasteiger partial charge in [0, 0.05) is 13.0 Å². The van der Waals surface area contributed by atoms with Crippen LogP contribution in [0, 0.1) is 0 Å². The smallest absolute Gasteiger partial charge is 0.408 e. The van der Waals surface area contributed by atoms with E-state index in [4.69, 9.17) is 4.74 Å². The Hall–Kier alpha value is -2.86. The van der Waals surface area contributed by atoms with Crippen molar-refractivity contribution >= 4 is 12.0 Å². The van der Waals surface area contributed by atoms with Crippen molar-refractivity contribution in [1.82, 2.24) is 10.2 Å². The maximum atomic E-state index is 13.3. The van der Waals surface area contributed by atoms with Crippen LogP contribution in [0.1, 0.15) is 37.3 Å². The molecule has 1 heterocycles. The van der Waals surface area contributed by atoms with Crippen LogP contribution in [0.5, 0.6) is 0 Å². The molecule has 0 aliphatic carbocycles. The number of hydrogen-bond donors (Lipinski definition) is 2. The van der Waals surface area contributed by atoms with E-state index in [1.165, 1.54) is 0 Å². The number of carbonyl (C=O) groups is 2. The van der Waals surface area contributed by atoms with Gasteiger partial charge >= 0.3 is 6.09 Å². The lowest BCUT2D eigenvalue weighted by atomic mass is 10.0. The van der Waals surface area contributed by atoms with E-state index < -0.39 is 18.2 Å². The van der Waals surface area contributed by atoms with Gasteiger partial charge in [0.15, 0.2) is 0 Å². The minimum Gasteiger partial charge on any atom is -0.445 e. The van der Waals surface area contributed by atoms with Crippen LogP contribution in [0.3, 0.4) is 0 Å². The second-order valence-electron chi connectivity index (χ2n) is 7.67. The average molecular weight is 411 g/mol. The van der Waals surface area contributed by atoms with E-state index in [0.717, 1.165) is 24.0 Å². The number of benzene rings is 2. The molecule has 0 unspecified atom stereocenters. The lowest BCUT2D eigenvalue weighted by Gasteiger charge is -2.31. The van der Waals surface area contributed by atoms with E-state index in [1.54, 1.807) is 4.90 Å². The van der Waals surface area contributed by atoms with Crippen LogP contribution in [-0.2, 0) is 22.6 Å². The zero-order valence-electron chi connectivity index (χ0n) is 17.4. The summed E-state index contributed by atoms with van der Waals surface area (Å²) in [6, 6.07) is 18.0. The molecule has 1 saturated heterocycles. The molecular formula is C24H30N2O4. The summed E-state index contributed by atoms with van der Waals surface area (Å²) in [4.78, 5) is 27.5. The number of nitrogens with zero attached hydrogens (tertiary/aromatic N) is 1. The molecule has 0 radical (unpaired) electrons. The molecular weight excluding hydrogens is 380 g/mol. The lowest BCUT2D eigenvalue weighted by Crippen LogP contribution is -2.53. The van der Waals surface area contributed by atoms with Crippen LogP contribution in [0.2, 0.25) is 0 Å². The van der Waals surface area contributed by atoms with E-state index in [1.807, 2.05) is 67.6 Å². The molecule has 2 aromatic carbocycles. The highest BCUT2D eigenvalue weighted by molar-refractivity contribution is 5.86. The summed E-state index contributed by atoms with van der Waals surface area (Å²) in [5, 5.41) is 13.1. The number of hydrogen-bond acceptors (Lipinski definition) is 4. The zero-order chi connectivity index (χ0) is 21.3. The fraction of sp³-hybridized carbons (Fsp3) is 0.417. The summed E-state index contributed by atoms with van der Waals surface area (Å²) in [6.07, 6.45) is 1.40. The predicted molar refractivity (Wildman–Crippen MR) is 115 cm³/mol. The summed E-state index contributed by atoms with van der Waals surface area (Å²) < 4.78 is 5.33. The third-order valence-corrected chi connectivity index (χ3v) is 5.53. The summed E-state index contributed by atoms with van der Waals surface area (Å²) >= 11 is 0. The van der Waals surface area contributed by atoms with E-state index in [0.29, 0.717) is 19.4 Å². The van der Waals surface area contributed by atoms with Crippen molar-refractivity contribution in [3.63, 3.8) is 0 Å². The summed E-state index contributed by atoms with van der Waals surface area (Å²) in [7, 11) is 0. The van der Waals surface area contributed by atoms with Gasteiger partial charge in [-0.1, -0.05) is 67.6 Å². The quantitative estimate of drug-likeness (QED) is 0.700. The number of aliphatic hydroxyl groups excluding tert-OH is 1. The van der Waals surface area contributed by atoms with Gasteiger partial charge in [0.2, 0.25) is 5.91 Å². The molecule has 3 atom stereocenters. The topological polar surface area (TPSA) is 78.9 Å². The Balaban J connectivity index is 1.69. The van der Waals surface area contributed by atoms with Gasteiger partial charge in [-0.25, -0.2) is 4.79 Å². The Labute approximate surface area is 177 Å². The minimum atomic E-state index is -0.750. The van der Waals surface area contributed by atoms with Crippen molar-refractivity contribution in [2.24, 2.45) is 0 Å². The fourth-order valence-corrected chi connectivity index (χ4v) is 3.90. The highest BCUT2D eigenvalue weighted by Gasteiger charge is 2.37. The van der Waals surface area contributed by atoms with Gasteiger partial charge in [-0.15, -0.1) is 0 Å². The molecule has 1 aliphatic rings. The number of aliphatic hydroxyl groups is 1. The molecule has 160 valence electrons. The first-order valence-corrected chi connectivity index (χ1v) is 10.6. The molecule has 1 aliphatic heterocycles. The van der Waals surface area contributed by atoms with E-state index in [9.17, 15) is 14.7 Å². The Bertz CT molecular complexity index is 812. The van der Waals surface area contributed by atoms with Gasteiger partial charge in [-0.2, -0.15) is 0 Å². The Morgan fingerprint density at radius 3 is 2.37 bits per heavy atom. The summed E-state index contributed by atoms with van der Waals surface area (Å²) in [6.45, 7) is 2.64. The second kappa shape index (κ2) is 10.8. The number of nitrogens with one attached hydrogen (secondary N) is 1. The summed E-state index contributed by atoms with van der Waals surface area (Å²) in [5.74, 6) is -0.175. The highest BCUT2D eigenvalue weighted by atomic mass is 16.5. The SMILES string of the molecule is CC[C@@H](O)[C@@H]1CCCN1C(=O)[C@H](Cc1ccccc1)NC(=O)OCc1ccccc1. The van der Waals surface area contributed by atoms with Crippen LogP contribution in [0.15, 0.2) is 60.7 Å². The molecule has 6 nitrogen and oxygen atoms in total. The van der Waals surface area contributed by atoms with Crippen LogP contribution >= 0.6 is 0 Å². The first-order valence-electron chi connectivity index (χ1n) is 10.6. The zero-order valence-corrected chi connectivity index (χ0v) is 17.4. The number of amides is 2. The van der Waals surface area contributed by atoms with Crippen LogP contribution in [-0.4, -0.2) is 46.7 Å². The Kier molecular flexibility index (Phi) is 7.85. The van der Waals surface area contributed by atoms with Crippen molar-refractivity contribution in [2.45, 2.75) is 57.4 Å². The second-order valence-corrected chi connectivity index (χ2v) is 7.67. The Morgan fingerprint density at radius 1 is 1.10 bits per heavy atom. The van der Waals surface area contributed by atoms with Crippen LogP contribution in [0.25, 0.3) is 0 Å². The molecule has 3 rings (SSSR count). The molecule has 2 aromatic rings. The molecule has 30 heavy (non-hydrogen) atoms. The number of alkyl carbamates (subject to hydrolysis) is 1. The van der Waals surface area contributed by atoms with E-state index in [2.05, 4.69) is 5.32 Å². The predicted octanol–water partition coefficient (Wildman–Crippen LogP) is 3.29. The standard InChI is InChI=1S/C24H30N2O4/c1-2-22(27)21-14-9-15-26(21)23(28)20(16-18-10-5-3-6-11-18)25-24(29)30-17-19-12-7-4-8-13-19/h3-8,10-13,20-22,27H,2,9,14-17H2,1H3,(H,25,29)/t20-,21-,22+/m0/s1. The highest BCUT2D eigenvalue weighted by Crippen LogP contribution is 2.23. The third-order valence-electron chi connectivity index (χ3n) is 5.53. The maximum absolute atomic E-state index is 13.3. The first kappa shape index (κ1) is 21.8. The molecule has 6 heteroatoms. The molecule has 0 bridgehead atoms. The lowest BCUT2D eigenvalue weighted by molar-refractivity contribution is -0.136.